The average molecular weight is 331 g/mol. The molecule has 4 nitrogen and oxygen atoms in total. The molecule has 0 radical (unpaired) electrons. The van der Waals surface area contributed by atoms with Gasteiger partial charge in [0.25, 0.3) is 0 Å². The lowest BCUT2D eigenvalue weighted by molar-refractivity contribution is -0.120. The Kier molecular flexibility index (Phi) is 5.55. The number of nitrogens with one attached hydrogen (secondary N) is 1. The summed E-state index contributed by atoms with van der Waals surface area (Å²) in [5.74, 6) is -0.447. The van der Waals surface area contributed by atoms with Gasteiger partial charge in [-0.05, 0) is 31.5 Å². The molecule has 0 aliphatic heterocycles. The molecule has 2 rings (SSSR count). The number of aryl methyl sites for hydroxylation is 2. The highest BCUT2D eigenvalue weighted by atomic mass is 32.2. The standard InChI is InChI=1S/C18H21NO3S/c1-14-6-8-17(9-7-14)23(21,22)11-10-18(20)19-13-16-5-3-4-15(2)12-16/h3-9,12H,10-11,13H2,1-2H3,(H,19,20). The zero-order valence-corrected chi connectivity index (χ0v) is 14.2. The van der Waals surface area contributed by atoms with E-state index in [1.54, 1.807) is 24.3 Å². The average Bonchev–Trinajstić information content (AvgIpc) is 2.51. The van der Waals surface area contributed by atoms with Gasteiger partial charge in [0.05, 0.1) is 10.6 Å². The van der Waals surface area contributed by atoms with Gasteiger partial charge in [0, 0.05) is 13.0 Å². The van der Waals surface area contributed by atoms with Crippen LogP contribution in [0.4, 0.5) is 0 Å². The SMILES string of the molecule is Cc1ccc(S(=O)(=O)CCC(=O)NCc2cccc(C)c2)cc1. The zero-order chi connectivity index (χ0) is 16.9. The lowest BCUT2D eigenvalue weighted by atomic mass is 10.1. The highest BCUT2D eigenvalue weighted by molar-refractivity contribution is 7.91. The second kappa shape index (κ2) is 7.42. The van der Waals surface area contributed by atoms with Crippen molar-refractivity contribution in [3.63, 3.8) is 0 Å². The largest absolute Gasteiger partial charge is 0.352 e. The van der Waals surface area contributed by atoms with E-state index in [-0.39, 0.29) is 23.0 Å². The number of carbonyl (C=O) groups is 1. The van der Waals surface area contributed by atoms with Gasteiger partial charge >= 0.3 is 0 Å². The van der Waals surface area contributed by atoms with Crippen LogP contribution in [0.1, 0.15) is 23.1 Å². The van der Waals surface area contributed by atoms with Crippen molar-refractivity contribution in [3.8, 4) is 0 Å². The molecule has 0 unspecified atom stereocenters. The maximum Gasteiger partial charge on any atom is 0.221 e. The quantitative estimate of drug-likeness (QED) is 0.885. The summed E-state index contributed by atoms with van der Waals surface area (Å²) in [6, 6.07) is 14.5. The van der Waals surface area contributed by atoms with Crippen LogP contribution in [0.15, 0.2) is 53.4 Å². The van der Waals surface area contributed by atoms with Crippen LogP contribution < -0.4 is 5.32 Å². The molecule has 2 aromatic carbocycles. The minimum absolute atomic E-state index is 0.0397. The van der Waals surface area contributed by atoms with Crippen molar-refractivity contribution >= 4 is 15.7 Å². The zero-order valence-electron chi connectivity index (χ0n) is 13.4. The molecule has 1 amide bonds. The smallest absolute Gasteiger partial charge is 0.221 e. The fourth-order valence-electron chi connectivity index (χ4n) is 2.20. The van der Waals surface area contributed by atoms with Crippen molar-refractivity contribution in [2.45, 2.75) is 31.7 Å². The van der Waals surface area contributed by atoms with Crippen molar-refractivity contribution in [2.24, 2.45) is 0 Å². The van der Waals surface area contributed by atoms with E-state index in [0.717, 1.165) is 16.7 Å². The van der Waals surface area contributed by atoms with Gasteiger partial charge < -0.3 is 5.32 Å². The summed E-state index contributed by atoms with van der Waals surface area (Å²) >= 11 is 0. The molecule has 0 aromatic heterocycles. The predicted octanol–water partition coefficient (Wildman–Crippen LogP) is 2.78. The molecule has 0 heterocycles. The number of benzene rings is 2. The Bertz CT molecular complexity index is 780. The Morgan fingerprint density at radius 2 is 1.70 bits per heavy atom. The number of sulfone groups is 1. The summed E-state index contributed by atoms with van der Waals surface area (Å²) in [7, 11) is -3.42. The lowest BCUT2D eigenvalue weighted by Gasteiger charge is -2.07. The molecule has 1 N–H and O–H groups in total. The fourth-order valence-corrected chi connectivity index (χ4v) is 3.44. The first-order valence-corrected chi connectivity index (χ1v) is 9.14. The third-order valence-corrected chi connectivity index (χ3v) is 5.28. The van der Waals surface area contributed by atoms with Crippen LogP contribution in [0, 0.1) is 13.8 Å². The number of amides is 1. The van der Waals surface area contributed by atoms with Crippen molar-refractivity contribution in [1.82, 2.24) is 5.32 Å². The van der Waals surface area contributed by atoms with E-state index >= 15 is 0 Å². The lowest BCUT2D eigenvalue weighted by Crippen LogP contribution is -2.25. The Morgan fingerprint density at radius 3 is 2.35 bits per heavy atom. The van der Waals surface area contributed by atoms with Crippen molar-refractivity contribution in [2.75, 3.05) is 5.75 Å². The number of hydrogen-bond acceptors (Lipinski definition) is 3. The van der Waals surface area contributed by atoms with E-state index in [1.807, 2.05) is 38.1 Å². The third-order valence-electron chi connectivity index (χ3n) is 3.55. The monoisotopic (exact) mass is 331 g/mol. The summed E-state index contributed by atoms with van der Waals surface area (Å²) in [6.07, 6.45) is -0.0397. The molecule has 0 atom stereocenters. The van der Waals surface area contributed by atoms with Crippen LogP contribution in [0.25, 0.3) is 0 Å². The molecule has 5 heteroatoms. The van der Waals surface area contributed by atoms with Crippen LogP contribution in [-0.2, 0) is 21.2 Å². The molecule has 0 spiro atoms. The summed E-state index contributed by atoms with van der Waals surface area (Å²) in [4.78, 5) is 12.1. The summed E-state index contributed by atoms with van der Waals surface area (Å²) in [5, 5.41) is 2.76. The maximum absolute atomic E-state index is 12.2. The normalized spacial score (nSPS) is 11.2. The van der Waals surface area contributed by atoms with Crippen molar-refractivity contribution in [1.29, 1.82) is 0 Å². The Hall–Kier alpha value is -2.14. The van der Waals surface area contributed by atoms with E-state index in [9.17, 15) is 13.2 Å². The predicted molar refractivity (Wildman–Crippen MR) is 90.9 cm³/mol. The van der Waals surface area contributed by atoms with Gasteiger partial charge in [-0.1, -0.05) is 47.5 Å². The fraction of sp³-hybridized carbons (Fsp3) is 0.278. The third kappa shape index (κ3) is 5.21. The van der Waals surface area contributed by atoms with E-state index < -0.39 is 9.84 Å². The van der Waals surface area contributed by atoms with Crippen molar-refractivity contribution < 1.29 is 13.2 Å². The molecule has 0 saturated carbocycles. The summed E-state index contributed by atoms with van der Waals surface area (Å²) < 4.78 is 24.4. The first-order valence-electron chi connectivity index (χ1n) is 7.48. The number of rotatable bonds is 6. The molecule has 0 aliphatic carbocycles. The second-order valence-electron chi connectivity index (χ2n) is 5.65. The van der Waals surface area contributed by atoms with E-state index in [4.69, 9.17) is 0 Å². The highest BCUT2D eigenvalue weighted by Gasteiger charge is 2.16. The minimum Gasteiger partial charge on any atom is -0.352 e. The Morgan fingerprint density at radius 1 is 1.00 bits per heavy atom. The second-order valence-corrected chi connectivity index (χ2v) is 7.76. The van der Waals surface area contributed by atoms with E-state index in [0.29, 0.717) is 6.54 Å². The molecule has 0 bridgehead atoms. The van der Waals surface area contributed by atoms with Gasteiger partial charge in [0.2, 0.25) is 5.91 Å². The van der Waals surface area contributed by atoms with Gasteiger partial charge in [0.15, 0.2) is 9.84 Å². The van der Waals surface area contributed by atoms with Gasteiger partial charge in [-0.2, -0.15) is 0 Å². The Balaban J connectivity index is 1.87. The van der Waals surface area contributed by atoms with Crippen LogP contribution in [0.5, 0.6) is 0 Å². The first-order chi connectivity index (χ1) is 10.9. The van der Waals surface area contributed by atoms with Crippen LogP contribution >= 0.6 is 0 Å². The molecule has 2 aromatic rings. The molecular weight excluding hydrogens is 310 g/mol. The van der Waals surface area contributed by atoms with Crippen LogP contribution in [0.3, 0.4) is 0 Å². The van der Waals surface area contributed by atoms with Gasteiger partial charge in [0.1, 0.15) is 0 Å². The molecule has 0 fully saturated rings. The van der Waals surface area contributed by atoms with Crippen LogP contribution in [0.2, 0.25) is 0 Å². The molecular formula is C18H21NO3S. The molecule has 122 valence electrons. The van der Waals surface area contributed by atoms with Gasteiger partial charge in [-0.15, -0.1) is 0 Å². The topological polar surface area (TPSA) is 63.2 Å². The van der Waals surface area contributed by atoms with Crippen molar-refractivity contribution in [3.05, 3.63) is 65.2 Å². The molecule has 23 heavy (non-hydrogen) atoms. The number of carbonyl (C=O) groups excluding carboxylic acids is 1. The van der Waals surface area contributed by atoms with E-state index in [2.05, 4.69) is 5.32 Å². The van der Waals surface area contributed by atoms with Gasteiger partial charge in [-0.3, -0.25) is 4.79 Å². The first kappa shape index (κ1) is 17.2. The summed E-state index contributed by atoms with van der Waals surface area (Å²) in [5.41, 5.74) is 3.12. The minimum atomic E-state index is -3.42. The summed E-state index contributed by atoms with van der Waals surface area (Å²) in [6.45, 7) is 4.29. The maximum atomic E-state index is 12.2. The van der Waals surface area contributed by atoms with Crippen LogP contribution in [-0.4, -0.2) is 20.1 Å². The molecule has 0 saturated heterocycles. The van der Waals surface area contributed by atoms with E-state index in [1.165, 1.54) is 0 Å². The molecule has 0 aliphatic rings. The van der Waals surface area contributed by atoms with Gasteiger partial charge in [-0.25, -0.2) is 8.42 Å². The number of hydrogen-bond donors (Lipinski definition) is 1. The Labute approximate surface area is 137 Å². The highest BCUT2D eigenvalue weighted by Crippen LogP contribution is 2.13.